The molecule has 1 aliphatic heterocycles. The Morgan fingerprint density at radius 2 is 1.83 bits per heavy atom. The highest BCUT2D eigenvalue weighted by Crippen LogP contribution is 2.27. The lowest BCUT2D eigenvalue weighted by atomic mass is 10.0. The standard InChI is InChI=1S/C21H26ClN3O4S/c1-2-30(28,29)18-7-8-20(26)19(13-18)24-21(27)23-17-9-11-25(12-10-17)14-15-3-5-16(22)6-4-15/h3-8,13,17,26H,2,9-12,14H2,1H3,(H2,23,24,27). The number of urea groups is 1. The third-order valence-corrected chi connectivity index (χ3v) is 7.18. The van der Waals surface area contributed by atoms with Crippen LogP contribution in [0.1, 0.15) is 25.3 Å². The summed E-state index contributed by atoms with van der Waals surface area (Å²) < 4.78 is 24.0. The van der Waals surface area contributed by atoms with Gasteiger partial charge < -0.3 is 15.7 Å². The zero-order valence-corrected chi connectivity index (χ0v) is 18.3. The first kappa shape index (κ1) is 22.4. The summed E-state index contributed by atoms with van der Waals surface area (Å²) in [5, 5.41) is 16.2. The van der Waals surface area contributed by atoms with Crippen molar-refractivity contribution in [2.45, 2.75) is 37.2 Å². The number of sulfone groups is 1. The van der Waals surface area contributed by atoms with E-state index in [0.717, 1.165) is 37.5 Å². The molecule has 1 aliphatic rings. The van der Waals surface area contributed by atoms with Crippen LogP contribution >= 0.6 is 11.6 Å². The summed E-state index contributed by atoms with van der Waals surface area (Å²) >= 11 is 5.92. The Labute approximate surface area is 182 Å². The van der Waals surface area contributed by atoms with Gasteiger partial charge >= 0.3 is 6.03 Å². The SMILES string of the molecule is CCS(=O)(=O)c1ccc(O)c(NC(=O)NC2CCN(Cc3ccc(Cl)cc3)CC2)c1. The molecule has 9 heteroatoms. The van der Waals surface area contributed by atoms with Gasteiger partial charge in [0.05, 0.1) is 16.3 Å². The molecule has 1 heterocycles. The van der Waals surface area contributed by atoms with E-state index < -0.39 is 15.9 Å². The van der Waals surface area contributed by atoms with Crippen molar-refractivity contribution in [2.24, 2.45) is 0 Å². The number of benzene rings is 2. The maximum atomic E-state index is 12.4. The van der Waals surface area contributed by atoms with Gasteiger partial charge in [-0.15, -0.1) is 0 Å². The predicted molar refractivity (Wildman–Crippen MR) is 118 cm³/mol. The van der Waals surface area contributed by atoms with Gasteiger partial charge in [-0.2, -0.15) is 0 Å². The summed E-state index contributed by atoms with van der Waals surface area (Å²) in [4.78, 5) is 14.7. The van der Waals surface area contributed by atoms with Crippen LogP contribution in [0.4, 0.5) is 10.5 Å². The van der Waals surface area contributed by atoms with E-state index >= 15 is 0 Å². The number of hydrogen-bond donors (Lipinski definition) is 3. The Balaban J connectivity index is 1.51. The summed E-state index contributed by atoms with van der Waals surface area (Å²) in [5.41, 5.74) is 1.27. The molecule has 2 aromatic carbocycles. The Bertz CT molecular complexity index is 988. The van der Waals surface area contributed by atoms with Gasteiger partial charge in [0.2, 0.25) is 0 Å². The number of amides is 2. The van der Waals surface area contributed by atoms with Crippen LogP contribution in [0.2, 0.25) is 5.02 Å². The molecule has 0 saturated carbocycles. The van der Waals surface area contributed by atoms with Crippen molar-refractivity contribution in [1.82, 2.24) is 10.2 Å². The molecule has 0 spiro atoms. The van der Waals surface area contributed by atoms with Gasteiger partial charge in [0, 0.05) is 30.7 Å². The van der Waals surface area contributed by atoms with Gasteiger partial charge in [-0.05, 0) is 48.7 Å². The van der Waals surface area contributed by atoms with Gasteiger partial charge in [-0.1, -0.05) is 30.7 Å². The molecule has 1 fully saturated rings. The first-order valence-corrected chi connectivity index (χ1v) is 11.9. The number of likely N-dealkylation sites (tertiary alicyclic amines) is 1. The van der Waals surface area contributed by atoms with Crippen LogP contribution < -0.4 is 10.6 Å². The van der Waals surface area contributed by atoms with E-state index in [1.165, 1.54) is 23.8 Å². The third-order valence-electron chi connectivity index (χ3n) is 5.20. The minimum atomic E-state index is -3.43. The maximum absolute atomic E-state index is 12.4. The summed E-state index contributed by atoms with van der Waals surface area (Å²) in [5.74, 6) is -0.240. The van der Waals surface area contributed by atoms with Crippen LogP contribution in [-0.2, 0) is 16.4 Å². The van der Waals surface area contributed by atoms with Gasteiger partial charge in [-0.3, -0.25) is 4.90 Å². The van der Waals surface area contributed by atoms with Crippen LogP contribution in [0, 0.1) is 0 Å². The minimum absolute atomic E-state index is 0.0103. The highest BCUT2D eigenvalue weighted by molar-refractivity contribution is 7.91. The lowest BCUT2D eigenvalue weighted by Crippen LogP contribution is -2.45. The van der Waals surface area contributed by atoms with Gasteiger partial charge in [0.1, 0.15) is 5.75 Å². The monoisotopic (exact) mass is 451 g/mol. The van der Waals surface area contributed by atoms with E-state index in [9.17, 15) is 18.3 Å². The van der Waals surface area contributed by atoms with E-state index in [2.05, 4.69) is 15.5 Å². The fourth-order valence-corrected chi connectivity index (χ4v) is 4.43. The zero-order valence-electron chi connectivity index (χ0n) is 16.8. The lowest BCUT2D eigenvalue weighted by molar-refractivity contribution is 0.190. The van der Waals surface area contributed by atoms with Crippen molar-refractivity contribution in [3.05, 3.63) is 53.1 Å². The van der Waals surface area contributed by atoms with E-state index in [1.807, 2.05) is 24.3 Å². The molecule has 30 heavy (non-hydrogen) atoms. The summed E-state index contributed by atoms with van der Waals surface area (Å²) in [6, 6.07) is 11.2. The molecule has 2 amide bonds. The van der Waals surface area contributed by atoms with Crippen LogP contribution in [-0.4, -0.2) is 49.3 Å². The molecular formula is C21H26ClN3O4S. The van der Waals surface area contributed by atoms with Gasteiger partial charge in [0.25, 0.3) is 0 Å². The highest BCUT2D eigenvalue weighted by Gasteiger charge is 2.21. The molecule has 0 aliphatic carbocycles. The second-order valence-corrected chi connectivity index (χ2v) is 10.1. The largest absolute Gasteiger partial charge is 0.506 e. The molecule has 0 radical (unpaired) electrons. The molecule has 7 nitrogen and oxygen atoms in total. The van der Waals surface area contributed by atoms with Crippen LogP contribution in [0.5, 0.6) is 5.75 Å². The van der Waals surface area contributed by atoms with Gasteiger partial charge in [-0.25, -0.2) is 13.2 Å². The van der Waals surface area contributed by atoms with Crippen molar-refractivity contribution < 1.29 is 18.3 Å². The Kier molecular flexibility index (Phi) is 7.23. The molecule has 0 aromatic heterocycles. The van der Waals surface area contributed by atoms with Crippen LogP contribution in [0.15, 0.2) is 47.4 Å². The Hall–Kier alpha value is -2.29. The van der Waals surface area contributed by atoms with Crippen LogP contribution in [0.3, 0.4) is 0 Å². The van der Waals surface area contributed by atoms with E-state index in [1.54, 1.807) is 6.92 Å². The lowest BCUT2D eigenvalue weighted by Gasteiger charge is -2.32. The Morgan fingerprint density at radius 1 is 1.17 bits per heavy atom. The molecule has 2 aromatic rings. The number of nitrogens with one attached hydrogen (secondary N) is 2. The molecule has 162 valence electrons. The number of aromatic hydroxyl groups is 1. The number of piperidine rings is 1. The van der Waals surface area contributed by atoms with Crippen molar-refractivity contribution in [3.63, 3.8) is 0 Å². The molecule has 3 N–H and O–H groups in total. The van der Waals surface area contributed by atoms with E-state index in [0.29, 0.717) is 0 Å². The third kappa shape index (κ3) is 5.87. The summed E-state index contributed by atoms with van der Waals surface area (Å²) in [7, 11) is -3.43. The van der Waals surface area contributed by atoms with E-state index in [-0.39, 0.29) is 28.1 Å². The number of rotatable bonds is 6. The van der Waals surface area contributed by atoms with Crippen molar-refractivity contribution in [3.8, 4) is 5.75 Å². The predicted octanol–water partition coefficient (Wildman–Crippen LogP) is 3.63. The number of phenols is 1. The summed E-state index contributed by atoms with van der Waals surface area (Å²) in [6.45, 7) is 4.08. The average molecular weight is 452 g/mol. The molecule has 3 rings (SSSR count). The number of hydrogen-bond acceptors (Lipinski definition) is 5. The molecule has 0 bridgehead atoms. The maximum Gasteiger partial charge on any atom is 0.319 e. The quantitative estimate of drug-likeness (QED) is 0.582. The second kappa shape index (κ2) is 9.68. The molecule has 1 saturated heterocycles. The fourth-order valence-electron chi connectivity index (χ4n) is 3.40. The van der Waals surface area contributed by atoms with Crippen molar-refractivity contribution >= 4 is 33.2 Å². The molecular weight excluding hydrogens is 426 g/mol. The number of carbonyl (C=O) groups is 1. The number of carbonyl (C=O) groups excluding carboxylic acids is 1. The first-order chi connectivity index (χ1) is 14.3. The Morgan fingerprint density at radius 3 is 2.47 bits per heavy atom. The topological polar surface area (TPSA) is 98.7 Å². The number of anilines is 1. The van der Waals surface area contributed by atoms with Crippen molar-refractivity contribution in [1.29, 1.82) is 0 Å². The average Bonchev–Trinajstić information content (AvgIpc) is 2.72. The normalized spacial score (nSPS) is 15.7. The molecule has 0 unspecified atom stereocenters. The first-order valence-electron chi connectivity index (χ1n) is 9.87. The smallest absolute Gasteiger partial charge is 0.319 e. The fraction of sp³-hybridized carbons (Fsp3) is 0.381. The van der Waals surface area contributed by atoms with Crippen LogP contribution in [0.25, 0.3) is 0 Å². The van der Waals surface area contributed by atoms with E-state index in [4.69, 9.17) is 11.6 Å². The zero-order chi connectivity index (χ0) is 21.7. The number of nitrogens with zero attached hydrogens (tertiary/aromatic N) is 1. The summed E-state index contributed by atoms with van der Waals surface area (Å²) in [6.07, 6.45) is 1.61. The second-order valence-electron chi connectivity index (χ2n) is 7.36. The number of halogens is 1. The molecule has 0 atom stereocenters. The van der Waals surface area contributed by atoms with Crippen molar-refractivity contribution in [2.75, 3.05) is 24.2 Å². The number of phenolic OH excluding ortho intramolecular Hbond substituents is 1. The van der Waals surface area contributed by atoms with Gasteiger partial charge in [0.15, 0.2) is 9.84 Å². The minimum Gasteiger partial charge on any atom is -0.506 e. The highest BCUT2D eigenvalue weighted by atomic mass is 35.5.